The summed E-state index contributed by atoms with van der Waals surface area (Å²) in [5.74, 6) is 0. The zero-order valence-corrected chi connectivity index (χ0v) is 11.2. The Bertz CT molecular complexity index is 213. The van der Waals surface area contributed by atoms with Gasteiger partial charge < -0.3 is 9.64 Å². The predicted octanol–water partition coefficient (Wildman–Crippen LogP) is 1.23. The van der Waals surface area contributed by atoms with E-state index in [-0.39, 0.29) is 6.04 Å². The van der Waals surface area contributed by atoms with E-state index in [1.807, 2.05) is 0 Å². The Morgan fingerprint density at radius 1 is 1.38 bits per heavy atom. The zero-order valence-electron chi connectivity index (χ0n) is 11.2. The molecule has 0 aromatic carbocycles. The van der Waals surface area contributed by atoms with E-state index in [1.165, 1.54) is 0 Å². The fraction of sp³-hybridized carbons (Fsp3) is 0.917. The molecule has 0 aliphatic carbocycles. The van der Waals surface area contributed by atoms with Crippen molar-refractivity contribution in [1.29, 1.82) is 5.26 Å². The second-order valence-electron chi connectivity index (χ2n) is 4.58. The quantitative estimate of drug-likeness (QED) is 0.677. The maximum atomic E-state index is 8.97. The van der Waals surface area contributed by atoms with E-state index >= 15 is 0 Å². The molecule has 0 aliphatic heterocycles. The van der Waals surface area contributed by atoms with E-state index in [9.17, 15) is 0 Å². The van der Waals surface area contributed by atoms with Gasteiger partial charge in [0.2, 0.25) is 0 Å². The van der Waals surface area contributed by atoms with Gasteiger partial charge in [-0.25, -0.2) is 0 Å². The third kappa shape index (κ3) is 6.78. The smallest absolute Gasteiger partial charge is 0.0967 e. The van der Waals surface area contributed by atoms with Crippen LogP contribution >= 0.6 is 0 Å². The van der Waals surface area contributed by atoms with Crippen molar-refractivity contribution in [2.45, 2.75) is 45.3 Å². The lowest BCUT2D eigenvalue weighted by Crippen LogP contribution is -2.39. The highest BCUT2D eigenvalue weighted by molar-refractivity contribution is 4.91. The van der Waals surface area contributed by atoms with Crippen molar-refractivity contribution in [3.05, 3.63) is 0 Å². The molecule has 0 radical (unpaired) electrons. The lowest BCUT2D eigenvalue weighted by atomic mass is 10.2. The maximum Gasteiger partial charge on any atom is 0.0967 e. The summed E-state index contributed by atoms with van der Waals surface area (Å²) in [5, 5.41) is 12.2. The molecule has 0 saturated carbocycles. The zero-order chi connectivity index (χ0) is 12.6. The highest BCUT2D eigenvalue weighted by atomic mass is 16.5. The number of likely N-dealkylation sites (N-methyl/N-ethyl adjacent to an activating group) is 1. The summed E-state index contributed by atoms with van der Waals surface area (Å²) >= 11 is 0. The van der Waals surface area contributed by atoms with E-state index in [2.05, 4.69) is 44.1 Å². The molecule has 16 heavy (non-hydrogen) atoms. The van der Waals surface area contributed by atoms with Crippen molar-refractivity contribution >= 4 is 0 Å². The van der Waals surface area contributed by atoms with Gasteiger partial charge >= 0.3 is 0 Å². The minimum atomic E-state index is -0.0582. The van der Waals surface area contributed by atoms with Gasteiger partial charge in [-0.3, -0.25) is 5.32 Å². The van der Waals surface area contributed by atoms with Crippen molar-refractivity contribution < 1.29 is 4.74 Å². The van der Waals surface area contributed by atoms with Crippen LogP contribution in [0.2, 0.25) is 0 Å². The van der Waals surface area contributed by atoms with Gasteiger partial charge in [-0.1, -0.05) is 0 Å². The summed E-state index contributed by atoms with van der Waals surface area (Å²) < 4.78 is 5.10. The number of rotatable bonds is 8. The van der Waals surface area contributed by atoms with Crippen LogP contribution < -0.4 is 5.32 Å². The fourth-order valence-electron chi connectivity index (χ4n) is 1.51. The van der Waals surface area contributed by atoms with Crippen molar-refractivity contribution in [3.8, 4) is 6.07 Å². The number of methoxy groups -OCH3 is 1. The van der Waals surface area contributed by atoms with Crippen molar-refractivity contribution in [3.63, 3.8) is 0 Å². The van der Waals surface area contributed by atoms with Gasteiger partial charge in [0.15, 0.2) is 0 Å². The molecule has 0 aliphatic rings. The second-order valence-corrected chi connectivity index (χ2v) is 4.58. The third-order valence-electron chi connectivity index (χ3n) is 2.62. The molecule has 4 nitrogen and oxygen atoms in total. The standard InChI is InChI=1S/C12H25N3O/c1-10(2)14-12(8-13)6-7-15(4)11(3)9-16-5/h10-12,14H,6-7,9H2,1-5H3. The van der Waals surface area contributed by atoms with Gasteiger partial charge in [0.1, 0.15) is 0 Å². The molecule has 0 saturated heterocycles. The fourth-order valence-corrected chi connectivity index (χ4v) is 1.51. The maximum absolute atomic E-state index is 8.97. The van der Waals surface area contributed by atoms with Crippen LogP contribution in [0, 0.1) is 11.3 Å². The summed E-state index contributed by atoms with van der Waals surface area (Å²) in [6.45, 7) is 7.87. The Balaban J connectivity index is 3.88. The summed E-state index contributed by atoms with van der Waals surface area (Å²) in [6.07, 6.45) is 0.846. The summed E-state index contributed by atoms with van der Waals surface area (Å²) in [7, 11) is 3.77. The van der Waals surface area contributed by atoms with Gasteiger partial charge in [0, 0.05) is 25.7 Å². The number of nitriles is 1. The molecule has 0 rings (SSSR count). The van der Waals surface area contributed by atoms with Crippen LogP contribution in [-0.4, -0.2) is 50.3 Å². The third-order valence-corrected chi connectivity index (χ3v) is 2.62. The molecule has 0 bridgehead atoms. The van der Waals surface area contributed by atoms with Crippen molar-refractivity contribution in [2.75, 3.05) is 27.3 Å². The Morgan fingerprint density at radius 3 is 2.44 bits per heavy atom. The molecule has 4 heteroatoms. The van der Waals surface area contributed by atoms with Gasteiger partial charge in [0.05, 0.1) is 18.7 Å². The molecule has 2 atom stereocenters. The molecule has 0 heterocycles. The summed E-state index contributed by atoms with van der Waals surface area (Å²) in [6, 6.07) is 2.98. The van der Waals surface area contributed by atoms with E-state index in [4.69, 9.17) is 10.00 Å². The number of hydrogen-bond donors (Lipinski definition) is 1. The van der Waals surface area contributed by atoms with Crippen LogP contribution in [-0.2, 0) is 4.74 Å². The van der Waals surface area contributed by atoms with Crippen LogP contribution in [0.3, 0.4) is 0 Å². The highest BCUT2D eigenvalue weighted by Gasteiger charge is 2.13. The molecule has 0 aromatic heterocycles. The van der Waals surface area contributed by atoms with Gasteiger partial charge in [-0.15, -0.1) is 0 Å². The predicted molar refractivity (Wildman–Crippen MR) is 66.3 cm³/mol. The number of nitrogens with one attached hydrogen (secondary N) is 1. The molecule has 2 unspecified atom stereocenters. The van der Waals surface area contributed by atoms with Gasteiger partial charge in [-0.2, -0.15) is 5.26 Å². The van der Waals surface area contributed by atoms with Crippen LogP contribution in [0.15, 0.2) is 0 Å². The SMILES string of the molecule is COCC(C)N(C)CCC(C#N)NC(C)C. The first-order valence-corrected chi connectivity index (χ1v) is 5.86. The molecule has 0 spiro atoms. The van der Waals surface area contributed by atoms with Crippen LogP contribution in [0.25, 0.3) is 0 Å². The Kier molecular flexibility index (Phi) is 8.18. The van der Waals surface area contributed by atoms with Crippen LogP contribution in [0.4, 0.5) is 0 Å². The molecular formula is C12H25N3O. The monoisotopic (exact) mass is 227 g/mol. The van der Waals surface area contributed by atoms with E-state index < -0.39 is 0 Å². The van der Waals surface area contributed by atoms with Gasteiger partial charge in [-0.05, 0) is 34.2 Å². The molecule has 0 fully saturated rings. The average molecular weight is 227 g/mol. The minimum Gasteiger partial charge on any atom is -0.383 e. The first-order valence-electron chi connectivity index (χ1n) is 5.86. The topological polar surface area (TPSA) is 48.3 Å². The molecule has 0 aromatic rings. The first kappa shape index (κ1) is 15.4. The van der Waals surface area contributed by atoms with Gasteiger partial charge in [0.25, 0.3) is 0 Å². The molecule has 1 N–H and O–H groups in total. The van der Waals surface area contributed by atoms with E-state index in [0.29, 0.717) is 12.1 Å². The highest BCUT2D eigenvalue weighted by Crippen LogP contribution is 2.00. The van der Waals surface area contributed by atoms with Crippen LogP contribution in [0.5, 0.6) is 0 Å². The van der Waals surface area contributed by atoms with Crippen molar-refractivity contribution in [1.82, 2.24) is 10.2 Å². The van der Waals surface area contributed by atoms with Crippen molar-refractivity contribution in [2.24, 2.45) is 0 Å². The normalized spacial score (nSPS) is 15.1. The summed E-state index contributed by atoms with van der Waals surface area (Å²) in [4.78, 5) is 2.22. The van der Waals surface area contributed by atoms with E-state index in [0.717, 1.165) is 19.6 Å². The minimum absolute atomic E-state index is 0.0582. The average Bonchev–Trinajstić information content (AvgIpc) is 2.23. The lowest BCUT2D eigenvalue weighted by molar-refractivity contribution is 0.114. The summed E-state index contributed by atoms with van der Waals surface area (Å²) in [5.41, 5.74) is 0. The Labute approximate surface area is 99.6 Å². The number of nitrogens with zero attached hydrogens (tertiary/aromatic N) is 2. The molecule has 94 valence electrons. The van der Waals surface area contributed by atoms with Crippen LogP contribution in [0.1, 0.15) is 27.2 Å². The molecular weight excluding hydrogens is 202 g/mol. The molecule has 0 amide bonds. The Morgan fingerprint density at radius 2 is 2.00 bits per heavy atom. The van der Waals surface area contributed by atoms with E-state index in [1.54, 1.807) is 7.11 Å². The largest absolute Gasteiger partial charge is 0.383 e. The second kappa shape index (κ2) is 8.51. The number of ether oxygens (including phenoxy) is 1. The number of hydrogen-bond acceptors (Lipinski definition) is 4. The first-order chi connectivity index (χ1) is 7.51. The lowest BCUT2D eigenvalue weighted by Gasteiger charge is -2.25. The Hall–Kier alpha value is -0.630.